The molecular weight excluding hydrogens is 538 g/mol. The van der Waals surface area contributed by atoms with E-state index < -0.39 is 28.5 Å². The quantitative estimate of drug-likeness (QED) is 0.344. The molecule has 0 heterocycles. The maximum Gasteiger partial charge on any atom is 0.264 e. The summed E-state index contributed by atoms with van der Waals surface area (Å²) in [6.45, 7) is 3.32. The summed E-state index contributed by atoms with van der Waals surface area (Å²) in [5.41, 5.74) is 2.16. The SMILES string of the molecule is COc1ccccc1N(CC(=O)N(Cc1ccc(C)cc1)[C@@H](C)C(=O)NC1CCCCC1)S(=O)(=O)c1ccccc1. The molecule has 3 aromatic carbocycles. The Bertz CT molecular complexity index is 1420. The van der Waals surface area contributed by atoms with Crippen molar-refractivity contribution in [2.75, 3.05) is 18.0 Å². The van der Waals surface area contributed by atoms with Gasteiger partial charge in [-0.1, -0.05) is 79.4 Å². The zero-order valence-corrected chi connectivity index (χ0v) is 24.8. The number of benzene rings is 3. The van der Waals surface area contributed by atoms with Gasteiger partial charge in [0.15, 0.2) is 0 Å². The van der Waals surface area contributed by atoms with E-state index in [0.717, 1.165) is 47.5 Å². The number of nitrogens with zero attached hydrogens (tertiary/aromatic N) is 2. The van der Waals surface area contributed by atoms with Gasteiger partial charge < -0.3 is 15.0 Å². The van der Waals surface area contributed by atoms with Gasteiger partial charge in [-0.2, -0.15) is 0 Å². The highest BCUT2D eigenvalue weighted by Crippen LogP contribution is 2.32. The van der Waals surface area contributed by atoms with Crippen LogP contribution in [0.25, 0.3) is 0 Å². The number of carbonyl (C=O) groups is 2. The van der Waals surface area contributed by atoms with Crippen LogP contribution in [0.4, 0.5) is 5.69 Å². The number of carbonyl (C=O) groups excluding carboxylic acids is 2. The van der Waals surface area contributed by atoms with Crippen LogP contribution in [0.5, 0.6) is 5.75 Å². The van der Waals surface area contributed by atoms with Gasteiger partial charge in [0.2, 0.25) is 11.8 Å². The average Bonchev–Trinajstić information content (AvgIpc) is 3.00. The van der Waals surface area contributed by atoms with Gasteiger partial charge in [-0.25, -0.2) is 8.42 Å². The molecule has 0 aromatic heterocycles. The van der Waals surface area contributed by atoms with Gasteiger partial charge in [-0.3, -0.25) is 13.9 Å². The number of methoxy groups -OCH3 is 1. The van der Waals surface area contributed by atoms with Crippen LogP contribution in [0.2, 0.25) is 0 Å². The molecule has 218 valence electrons. The molecule has 0 aliphatic heterocycles. The fourth-order valence-electron chi connectivity index (χ4n) is 5.11. The van der Waals surface area contributed by atoms with Crippen molar-refractivity contribution in [1.29, 1.82) is 0 Å². The fraction of sp³-hybridized carbons (Fsp3) is 0.375. The topological polar surface area (TPSA) is 96.0 Å². The zero-order valence-electron chi connectivity index (χ0n) is 24.0. The number of hydrogen-bond acceptors (Lipinski definition) is 5. The van der Waals surface area contributed by atoms with Crippen molar-refractivity contribution in [2.45, 2.75) is 69.5 Å². The Balaban J connectivity index is 1.69. The molecule has 1 aliphatic rings. The smallest absolute Gasteiger partial charge is 0.264 e. The van der Waals surface area contributed by atoms with Crippen LogP contribution in [0.3, 0.4) is 0 Å². The summed E-state index contributed by atoms with van der Waals surface area (Å²) in [4.78, 5) is 29.0. The lowest BCUT2D eigenvalue weighted by molar-refractivity contribution is -0.139. The normalized spacial score (nSPS) is 14.6. The molecular formula is C32H39N3O5S. The van der Waals surface area contributed by atoms with Crippen LogP contribution >= 0.6 is 0 Å². The number of para-hydroxylation sites is 2. The molecule has 2 amide bonds. The molecule has 0 spiro atoms. The van der Waals surface area contributed by atoms with Crippen LogP contribution in [-0.2, 0) is 26.2 Å². The predicted molar refractivity (Wildman–Crippen MR) is 160 cm³/mol. The van der Waals surface area contributed by atoms with Crippen LogP contribution in [0.1, 0.15) is 50.2 Å². The van der Waals surface area contributed by atoms with Gasteiger partial charge in [0.1, 0.15) is 18.3 Å². The first-order valence-corrected chi connectivity index (χ1v) is 15.5. The largest absolute Gasteiger partial charge is 0.495 e. The Morgan fingerprint density at radius 3 is 2.22 bits per heavy atom. The van der Waals surface area contributed by atoms with Gasteiger partial charge in [0, 0.05) is 12.6 Å². The van der Waals surface area contributed by atoms with Crippen LogP contribution in [0, 0.1) is 6.92 Å². The van der Waals surface area contributed by atoms with Gasteiger partial charge in [0.25, 0.3) is 10.0 Å². The number of ether oxygens (including phenoxy) is 1. The van der Waals surface area contributed by atoms with Gasteiger partial charge in [0.05, 0.1) is 17.7 Å². The number of nitrogens with one attached hydrogen (secondary N) is 1. The van der Waals surface area contributed by atoms with E-state index in [1.165, 1.54) is 24.1 Å². The molecule has 9 heteroatoms. The van der Waals surface area contributed by atoms with E-state index in [0.29, 0.717) is 5.75 Å². The molecule has 0 saturated heterocycles. The minimum absolute atomic E-state index is 0.0480. The van der Waals surface area contributed by atoms with Crippen LogP contribution < -0.4 is 14.4 Å². The molecule has 3 aromatic rings. The second kappa shape index (κ2) is 13.7. The molecule has 1 N–H and O–H groups in total. The first-order chi connectivity index (χ1) is 19.7. The maximum absolute atomic E-state index is 14.1. The second-order valence-electron chi connectivity index (χ2n) is 10.5. The molecule has 0 unspecified atom stereocenters. The lowest BCUT2D eigenvalue weighted by atomic mass is 9.95. The number of hydrogen-bond donors (Lipinski definition) is 1. The summed E-state index contributed by atoms with van der Waals surface area (Å²) in [6.07, 6.45) is 5.13. The summed E-state index contributed by atoms with van der Waals surface area (Å²) >= 11 is 0. The zero-order chi connectivity index (χ0) is 29.4. The monoisotopic (exact) mass is 577 g/mol. The molecule has 1 aliphatic carbocycles. The molecule has 41 heavy (non-hydrogen) atoms. The van der Waals surface area contributed by atoms with E-state index in [1.807, 2.05) is 31.2 Å². The van der Waals surface area contributed by atoms with Crippen molar-refractivity contribution in [3.8, 4) is 5.75 Å². The van der Waals surface area contributed by atoms with Crippen LogP contribution in [0.15, 0.2) is 83.8 Å². The standard InChI is InChI=1S/C32H39N3O5S/c1-24-18-20-26(21-19-24)22-34(25(2)32(37)33-27-12-6-4-7-13-27)31(36)23-35(29-16-10-11-17-30(29)40-3)41(38,39)28-14-8-5-9-15-28/h5,8-11,14-21,25,27H,4,6-7,12-13,22-23H2,1-3H3,(H,33,37)/t25-/m0/s1. The number of sulfonamides is 1. The predicted octanol–water partition coefficient (Wildman–Crippen LogP) is 5.07. The minimum Gasteiger partial charge on any atom is -0.495 e. The van der Waals surface area contributed by atoms with Crippen molar-refractivity contribution >= 4 is 27.5 Å². The highest BCUT2D eigenvalue weighted by Gasteiger charge is 2.34. The van der Waals surface area contributed by atoms with Gasteiger partial charge in [-0.15, -0.1) is 0 Å². The van der Waals surface area contributed by atoms with Gasteiger partial charge in [-0.05, 0) is 56.5 Å². The Morgan fingerprint density at radius 2 is 1.56 bits per heavy atom. The molecule has 4 rings (SSSR count). The average molecular weight is 578 g/mol. The molecule has 1 saturated carbocycles. The highest BCUT2D eigenvalue weighted by molar-refractivity contribution is 7.92. The number of aryl methyl sites for hydroxylation is 1. The summed E-state index contributed by atoms with van der Waals surface area (Å²) < 4.78 is 34.4. The van der Waals surface area contributed by atoms with E-state index in [4.69, 9.17) is 4.74 Å². The number of rotatable bonds is 11. The molecule has 1 atom stereocenters. The third-order valence-electron chi connectivity index (χ3n) is 7.56. The van der Waals surface area contributed by atoms with Crippen molar-refractivity contribution in [1.82, 2.24) is 10.2 Å². The van der Waals surface area contributed by atoms with E-state index in [9.17, 15) is 18.0 Å². The fourth-order valence-corrected chi connectivity index (χ4v) is 6.56. The third-order valence-corrected chi connectivity index (χ3v) is 9.33. The van der Waals surface area contributed by atoms with E-state index in [-0.39, 0.29) is 29.1 Å². The van der Waals surface area contributed by atoms with Crippen molar-refractivity contribution in [2.24, 2.45) is 0 Å². The summed E-state index contributed by atoms with van der Waals surface area (Å²) in [7, 11) is -2.70. The second-order valence-corrected chi connectivity index (χ2v) is 12.4. The molecule has 0 bridgehead atoms. The van der Waals surface area contributed by atoms with Crippen molar-refractivity contribution in [3.63, 3.8) is 0 Å². The molecule has 8 nitrogen and oxygen atoms in total. The molecule has 1 fully saturated rings. The Labute approximate surface area is 243 Å². The van der Waals surface area contributed by atoms with Crippen molar-refractivity contribution < 1.29 is 22.7 Å². The first kappa shape index (κ1) is 30.1. The highest BCUT2D eigenvalue weighted by atomic mass is 32.2. The Hall–Kier alpha value is -3.85. The number of anilines is 1. The summed E-state index contributed by atoms with van der Waals surface area (Å²) in [5.74, 6) is -0.428. The summed E-state index contributed by atoms with van der Waals surface area (Å²) in [5, 5.41) is 3.12. The first-order valence-electron chi connectivity index (χ1n) is 14.1. The minimum atomic E-state index is -4.16. The van der Waals surface area contributed by atoms with Crippen LogP contribution in [-0.4, -0.2) is 50.9 Å². The van der Waals surface area contributed by atoms with E-state index in [2.05, 4.69) is 5.32 Å². The lowest BCUT2D eigenvalue weighted by Gasteiger charge is -2.33. The molecule has 0 radical (unpaired) electrons. The Morgan fingerprint density at radius 1 is 0.927 bits per heavy atom. The summed E-state index contributed by atoms with van der Waals surface area (Å²) in [6, 6.07) is 21.7. The van der Waals surface area contributed by atoms with Gasteiger partial charge >= 0.3 is 0 Å². The van der Waals surface area contributed by atoms with E-state index in [1.54, 1.807) is 49.4 Å². The van der Waals surface area contributed by atoms with Crippen molar-refractivity contribution in [3.05, 3.63) is 90.0 Å². The lowest BCUT2D eigenvalue weighted by Crippen LogP contribution is -2.53. The Kier molecular flexibility index (Phi) is 10.0. The van der Waals surface area contributed by atoms with E-state index >= 15 is 0 Å². The maximum atomic E-state index is 14.1. The number of amides is 2. The third kappa shape index (κ3) is 7.47.